The zero-order valence-corrected chi connectivity index (χ0v) is 20.8. The molecule has 0 saturated heterocycles. The van der Waals surface area contributed by atoms with Gasteiger partial charge >= 0.3 is 12.1 Å². The lowest BCUT2D eigenvalue weighted by atomic mass is 10.1. The Hall–Kier alpha value is -3.00. The van der Waals surface area contributed by atoms with Crippen LogP contribution in [0.3, 0.4) is 0 Å². The van der Waals surface area contributed by atoms with Gasteiger partial charge in [-0.1, -0.05) is 43.8 Å². The smallest absolute Gasteiger partial charge is 0.408 e. The van der Waals surface area contributed by atoms with Crippen molar-refractivity contribution >= 4 is 29.3 Å². The van der Waals surface area contributed by atoms with Gasteiger partial charge in [-0.05, 0) is 56.5 Å². The minimum Gasteiger partial charge on any atom is -0.465 e. The quantitative estimate of drug-likeness (QED) is 0.412. The number of carbonyl (C=O) groups excluding carboxylic acids is 2. The number of nitrogens with zero attached hydrogens (tertiary/aromatic N) is 2. The lowest BCUT2D eigenvalue weighted by Gasteiger charge is -2.31. The summed E-state index contributed by atoms with van der Waals surface area (Å²) < 4.78 is 10.2. The van der Waals surface area contributed by atoms with Gasteiger partial charge in [0.1, 0.15) is 10.6 Å². The summed E-state index contributed by atoms with van der Waals surface area (Å²) in [5.41, 5.74) is 1.86. The third-order valence-corrected chi connectivity index (χ3v) is 5.27. The number of alkyl carbamates (subject to hydrolysis) is 1. The number of nitrogens with one attached hydrogen (secondary N) is 1. The monoisotopic (exact) mass is 471 g/mol. The normalized spacial score (nSPS) is 11.9. The van der Waals surface area contributed by atoms with Crippen LogP contribution in [0, 0.1) is 0 Å². The van der Waals surface area contributed by atoms with Gasteiger partial charge in [0.25, 0.3) is 0 Å². The summed E-state index contributed by atoms with van der Waals surface area (Å²) in [4.78, 5) is 31.1. The predicted molar refractivity (Wildman–Crippen MR) is 132 cm³/mol. The van der Waals surface area contributed by atoms with E-state index in [2.05, 4.69) is 10.3 Å². The molecular formula is C25H33N3O4S. The first-order valence-corrected chi connectivity index (χ1v) is 11.4. The number of aromatic nitrogens is 1. The minimum absolute atomic E-state index is 0.356. The van der Waals surface area contributed by atoms with Gasteiger partial charge in [-0.25, -0.2) is 9.59 Å². The van der Waals surface area contributed by atoms with Crippen LogP contribution >= 0.6 is 12.2 Å². The van der Waals surface area contributed by atoms with Crippen LogP contribution in [0.2, 0.25) is 0 Å². The summed E-state index contributed by atoms with van der Waals surface area (Å²) in [6, 6.07) is 10.7. The number of carbonyl (C=O) groups is 2. The molecule has 1 aromatic heterocycles. The van der Waals surface area contributed by atoms with Crippen molar-refractivity contribution in [3.05, 3.63) is 65.5 Å². The fourth-order valence-electron chi connectivity index (χ4n) is 3.22. The molecule has 0 spiro atoms. The third kappa shape index (κ3) is 8.81. The average molecular weight is 472 g/mol. The second-order valence-electron chi connectivity index (χ2n) is 8.73. The molecule has 178 valence electrons. The van der Waals surface area contributed by atoms with Crippen molar-refractivity contribution in [2.24, 2.45) is 0 Å². The van der Waals surface area contributed by atoms with Gasteiger partial charge in [-0.15, -0.1) is 0 Å². The number of ether oxygens (including phenoxy) is 2. The molecule has 7 nitrogen and oxygen atoms in total. The Labute approximate surface area is 201 Å². The standard InChI is InChI=1S/C25H33N3O4S/c1-6-8-21(27-24(30)32-25(2,3)4)22(33)28(17-19-9-7-14-26-15-19)16-18-10-12-20(13-11-18)23(29)31-5/h7,9-15,21H,6,8,16-17H2,1-5H3,(H,27,30)/t21-/m0/s1. The second-order valence-corrected chi connectivity index (χ2v) is 9.15. The molecule has 1 heterocycles. The number of esters is 1. The van der Waals surface area contributed by atoms with Gasteiger partial charge in [0.2, 0.25) is 0 Å². The maximum atomic E-state index is 12.5. The zero-order valence-electron chi connectivity index (χ0n) is 20.0. The first-order chi connectivity index (χ1) is 15.6. The van der Waals surface area contributed by atoms with E-state index in [0.717, 1.165) is 17.5 Å². The van der Waals surface area contributed by atoms with Crippen LogP contribution in [-0.2, 0) is 22.6 Å². The second kappa shape index (κ2) is 12.3. The summed E-state index contributed by atoms with van der Waals surface area (Å²) in [6.45, 7) is 8.56. The van der Waals surface area contributed by atoms with E-state index in [0.29, 0.717) is 30.1 Å². The Morgan fingerprint density at radius 1 is 1.12 bits per heavy atom. The molecule has 0 aliphatic rings. The molecule has 8 heteroatoms. The number of amides is 1. The zero-order chi connectivity index (χ0) is 24.4. The number of hydrogen-bond acceptors (Lipinski definition) is 6. The first-order valence-electron chi connectivity index (χ1n) is 11.0. The maximum Gasteiger partial charge on any atom is 0.408 e. The van der Waals surface area contributed by atoms with Crippen LogP contribution in [0.25, 0.3) is 0 Å². The highest BCUT2D eigenvalue weighted by Gasteiger charge is 2.25. The van der Waals surface area contributed by atoms with Gasteiger partial charge in [-0.3, -0.25) is 4.98 Å². The fourth-order valence-corrected chi connectivity index (χ4v) is 3.53. The van der Waals surface area contributed by atoms with E-state index in [1.165, 1.54) is 7.11 Å². The Kier molecular flexibility index (Phi) is 9.78. The lowest BCUT2D eigenvalue weighted by molar-refractivity contribution is 0.0513. The molecule has 1 amide bonds. The van der Waals surface area contributed by atoms with Crippen LogP contribution in [0.4, 0.5) is 4.79 Å². The lowest BCUT2D eigenvalue weighted by Crippen LogP contribution is -2.48. The molecule has 0 aliphatic heterocycles. The molecule has 33 heavy (non-hydrogen) atoms. The van der Waals surface area contributed by atoms with E-state index in [4.69, 9.17) is 21.7 Å². The third-order valence-electron chi connectivity index (χ3n) is 4.72. The Bertz CT molecular complexity index is 927. The maximum absolute atomic E-state index is 12.5. The van der Waals surface area contributed by atoms with E-state index >= 15 is 0 Å². The summed E-state index contributed by atoms with van der Waals surface area (Å²) in [6.07, 6.45) is 4.55. The molecule has 0 fully saturated rings. The van der Waals surface area contributed by atoms with Crippen molar-refractivity contribution in [3.63, 3.8) is 0 Å². The Morgan fingerprint density at radius 2 is 1.79 bits per heavy atom. The number of rotatable bonds is 9. The first kappa shape index (κ1) is 26.3. The minimum atomic E-state index is -0.598. The molecule has 2 aromatic rings. The van der Waals surface area contributed by atoms with E-state index in [1.807, 2.05) is 56.9 Å². The van der Waals surface area contributed by atoms with Gasteiger partial charge in [0, 0.05) is 25.5 Å². The van der Waals surface area contributed by atoms with E-state index in [-0.39, 0.29) is 12.0 Å². The van der Waals surface area contributed by atoms with E-state index < -0.39 is 11.7 Å². The molecule has 1 N–H and O–H groups in total. The molecule has 1 atom stereocenters. The topological polar surface area (TPSA) is 80.8 Å². The van der Waals surface area contributed by atoms with Gasteiger partial charge in [0.05, 0.1) is 18.7 Å². The highest BCUT2D eigenvalue weighted by atomic mass is 32.1. The average Bonchev–Trinajstić information content (AvgIpc) is 2.77. The SMILES string of the molecule is CCC[C@H](NC(=O)OC(C)(C)C)C(=S)N(Cc1ccc(C(=O)OC)cc1)Cc1cccnc1. The van der Waals surface area contributed by atoms with Gasteiger partial charge < -0.3 is 19.7 Å². The molecule has 2 rings (SSSR count). The van der Waals surface area contributed by atoms with Crippen LogP contribution in [0.5, 0.6) is 0 Å². The van der Waals surface area contributed by atoms with Crippen molar-refractivity contribution in [2.45, 2.75) is 65.3 Å². The molecule has 0 aliphatic carbocycles. The van der Waals surface area contributed by atoms with Crippen molar-refractivity contribution in [3.8, 4) is 0 Å². The van der Waals surface area contributed by atoms with Crippen LogP contribution in [-0.4, -0.2) is 45.7 Å². The number of benzene rings is 1. The summed E-state index contributed by atoms with van der Waals surface area (Å²) >= 11 is 5.87. The summed E-state index contributed by atoms with van der Waals surface area (Å²) in [5, 5.41) is 2.94. The molecule has 0 bridgehead atoms. The molecule has 0 saturated carbocycles. The van der Waals surface area contributed by atoms with Gasteiger partial charge in [0.15, 0.2) is 0 Å². The predicted octanol–water partition coefficient (Wildman–Crippen LogP) is 4.89. The molecule has 0 radical (unpaired) electrons. The van der Waals surface area contributed by atoms with E-state index in [1.54, 1.807) is 24.5 Å². The Balaban J connectivity index is 2.25. The van der Waals surface area contributed by atoms with E-state index in [9.17, 15) is 9.59 Å². The highest BCUT2D eigenvalue weighted by molar-refractivity contribution is 7.80. The van der Waals surface area contributed by atoms with Crippen molar-refractivity contribution in [2.75, 3.05) is 7.11 Å². The fraction of sp³-hybridized carbons (Fsp3) is 0.440. The largest absolute Gasteiger partial charge is 0.465 e. The summed E-state index contributed by atoms with van der Waals surface area (Å²) in [7, 11) is 1.36. The van der Waals surface area contributed by atoms with Crippen molar-refractivity contribution in [1.82, 2.24) is 15.2 Å². The van der Waals surface area contributed by atoms with Crippen LogP contribution < -0.4 is 5.32 Å². The number of thiocarbonyl (C=S) groups is 1. The number of hydrogen-bond donors (Lipinski definition) is 1. The Morgan fingerprint density at radius 3 is 2.33 bits per heavy atom. The van der Waals surface area contributed by atoms with Crippen LogP contribution in [0.15, 0.2) is 48.8 Å². The van der Waals surface area contributed by atoms with Crippen molar-refractivity contribution in [1.29, 1.82) is 0 Å². The highest BCUT2D eigenvalue weighted by Crippen LogP contribution is 2.16. The molecule has 0 unspecified atom stereocenters. The van der Waals surface area contributed by atoms with Gasteiger partial charge in [-0.2, -0.15) is 0 Å². The summed E-state index contributed by atoms with van der Waals surface area (Å²) in [5.74, 6) is -0.381. The molecular weight excluding hydrogens is 438 g/mol. The number of pyridine rings is 1. The van der Waals surface area contributed by atoms with Crippen molar-refractivity contribution < 1.29 is 19.1 Å². The number of methoxy groups -OCH3 is 1. The molecule has 1 aromatic carbocycles. The van der Waals surface area contributed by atoms with Crippen LogP contribution in [0.1, 0.15) is 62.0 Å².